The van der Waals surface area contributed by atoms with Crippen LogP contribution in [0.15, 0.2) is 12.2 Å². The van der Waals surface area contributed by atoms with Crippen LogP contribution in [0.2, 0.25) is 0 Å². The van der Waals surface area contributed by atoms with Crippen LogP contribution in [0.25, 0.3) is 0 Å². The predicted molar refractivity (Wildman–Crippen MR) is 280 cm³/mol. The van der Waals surface area contributed by atoms with Gasteiger partial charge in [0.15, 0.2) is 6.10 Å². The van der Waals surface area contributed by atoms with Crippen molar-refractivity contribution in [1.29, 1.82) is 0 Å². The number of hydrogen-bond acceptors (Lipinski definition) is 6. The van der Waals surface area contributed by atoms with Gasteiger partial charge in [-0.15, -0.1) is 0 Å². The molecule has 384 valence electrons. The molecule has 0 spiro atoms. The fraction of sp³-hybridized carbons (Fsp3) is 0.915. The molecular weight excluding hydrogens is 805 g/mol. The molecule has 0 aromatic carbocycles. The first-order valence-electron chi connectivity index (χ1n) is 29.2. The van der Waals surface area contributed by atoms with Crippen molar-refractivity contribution in [2.24, 2.45) is 0 Å². The average molecular weight is 918 g/mol. The minimum Gasteiger partial charge on any atom is -0.462 e. The highest BCUT2D eigenvalue weighted by molar-refractivity contribution is 5.71. The van der Waals surface area contributed by atoms with E-state index >= 15 is 0 Å². The highest BCUT2D eigenvalue weighted by Gasteiger charge is 2.19. The summed E-state index contributed by atoms with van der Waals surface area (Å²) in [6.07, 6.45) is 62.0. The van der Waals surface area contributed by atoms with Crippen LogP contribution in [-0.2, 0) is 28.6 Å². The second-order valence-electron chi connectivity index (χ2n) is 19.9. The molecule has 0 bridgehead atoms. The zero-order valence-corrected chi connectivity index (χ0v) is 44.0. The molecular formula is C59H112O6. The standard InChI is InChI=1S/C59H112O6/c1-4-7-10-13-16-19-22-24-26-28-29-31-33-35-38-40-43-46-49-52-58(61)64-55-56(65-59(62)53-50-47-44-41-36-21-18-15-12-9-6-3)54-63-57(60)51-48-45-42-39-37-34-32-30-27-25-23-20-17-14-11-8-5-2/h25,27,56H,4-24,26,28-55H2,1-3H3/b27-25-/t56-/m1/s1. The SMILES string of the molecule is CCCCCCCC/C=C\CCCCCCCCCC(=O)OC[C@H](COC(=O)CCCCCCCCCCCCCCCCCCCCC)OC(=O)CCCCCCCCCCCCC. The first-order valence-corrected chi connectivity index (χ1v) is 29.2. The van der Waals surface area contributed by atoms with Gasteiger partial charge in [-0.1, -0.05) is 277 Å². The fourth-order valence-electron chi connectivity index (χ4n) is 8.85. The summed E-state index contributed by atoms with van der Waals surface area (Å²) < 4.78 is 16.9. The lowest BCUT2D eigenvalue weighted by atomic mass is 10.0. The van der Waals surface area contributed by atoms with Crippen LogP contribution in [-0.4, -0.2) is 37.2 Å². The quantitative estimate of drug-likeness (QED) is 0.0262. The lowest BCUT2D eigenvalue weighted by Gasteiger charge is -2.18. The Bertz CT molecular complexity index is 1010. The van der Waals surface area contributed by atoms with E-state index in [4.69, 9.17) is 14.2 Å². The third-order valence-electron chi connectivity index (χ3n) is 13.3. The highest BCUT2D eigenvalue weighted by Crippen LogP contribution is 2.17. The number of hydrogen-bond donors (Lipinski definition) is 0. The van der Waals surface area contributed by atoms with Gasteiger partial charge in [-0.25, -0.2) is 0 Å². The van der Waals surface area contributed by atoms with Gasteiger partial charge in [-0.2, -0.15) is 0 Å². The Labute approximate surface area is 405 Å². The largest absolute Gasteiger partial charge is 0.462 e. The number of carbonyl (C=O) groups is 3. The van der Waals surface area contributed by atoms with Crippen LogP contribution in [0, 0.1) is 0 Å². The normalized spacial score (nSPS) is 12.0. The van der Waals surface area contributed by atoms with Gasteiger partial charge in [0.05, 0.1) is 0 Å². The van der Waals surface area contributed by atoms with E-state index in [0.29, 0.717) is 19.3 Å². The Morgan fingerprint density at radius 1 is 0.292 bits per heavy atom. The molecule has 6 nitrogen and oxygen atoms in total. The molecule has 0 aliphatic rings. The first-order chi connectivity index (χ1) is 32.0. The highest BCUT2D eigenvalue weighted by atomic mass is 16.6. The van der Waals surface area contributed by atoms with Crippen LogP contribution in [0.4, 0.5) is 0 Å². The Morgan fingerprint density at radius 2 is 0.508 bits per heavy atom. The molecule has 6 heteroatoms. The van der Waals surface area contributed by atoms with Crippen LogP contribution in [0.3, 0.4) is 0 Å². The van der Waals surface area contributed by atoms with Crippen molar-refractivity contribution in [2.75, 3.05) is 13.2 Å². The van der Waals surface area contributed by atoms with E-state index in [0.717, 1.165) is 57.8 Å². The maximum absolute atomic E-state index is 12.8. The van der Waals surface area contributed by atoms with E-state index in [1.54, 1.807) is 0 Å². The smallest absolute Gasteiger partial charge is 0.306 e. The second kappa shape index (κ2) is 54.8. The Balaban J connectivity index is 4.24. The van der Waals surface area contributed by atoms with Crippen LogP contribution >= 0.6 is 0 Å². The molecule has 65 heavy (non-hydrogen) atoms. The van der Waals surface area contributed by atoms with E-state index in [2.05, 4.69) is 32.9 Å². The van der Waals surface area contributed by atoms with E-state index in [-0.39, 0.29) is 31.1 Å². The van der Waals surface area contributed by atoms with Crippen LogP contribution in [0.1, 0.15) is 329 Å². The predicted octanol–water partition coefficient (Wildman–Crippen LogP) is 19.3. The lowest BCUT2D eigenvalue weighted by Crippen LogP contribution is -2.30. The van der Waals surface area contributed by atoms with Crippen molar-refractivity contribution in [3.05, 3.63) is 12.2 Å². The zero-order chi connectivity index (χ0) is 47.2. The third kappa shape index (κ3) is 53.0. The van der Waals surface area contributed by atoms with Crippen molar-refractivity contribution in [1.82, 2.24) is 0 Å². The van der Waals surface area contributed by atoms with Gasteiger partial charge in [0.1, 0.15) is 13.2 Å². The van der Waals surface area contributed by atoms with Gasteiger partial charge < -0.3 is 14.2 Å². The fourth-order valence-corrected chi connectivity index (χ4v) is 8.85. The zero-order valence-electron chi connectivity index (χ0n) is 44.0. The molecule has 0 amide bonds. The lowest BCUT2D eigenvalue weighted by molar-refractivity contribution is -0.167. The van der Waals surface area contributed by atoms with E-state index in [1.165, 1.54) is 231 Å². The molecule has 0 aliphatic carbocycles. The summed E-state index contributed by atoms with van der Waals surface area (Å²) in [5.41, 5.74) is 0. The Morgan fingerprint density at radius 3 is 0.769 bits per heavy atom. The molecule has 0 radical (unpaired) electrons. The van der Waals surface area contributed by atoms with Gasteiger partial charge in [0, 0.05) is 19.3 Å². The van der Waals surface area contributed by atoms with Gasteiger partial charge >= 0.3 is 17.9 Å². The minimum absolute atomic E-state index is 0.0653. The summed E-state index contributed by atoms with van der Waals surface area (Å²) in [5.74, 6) is -0.847. The number of ether oxygens (including phenoxy) is 3. The van der Waals surface area contributed by atoms with Crippen molar-refractivity contribution in [2.45, 2.75) is 335 Å². The molecule has 0 aliphatic heterocycles. The summed E-state index contributed by atoms with van der Waals surface area (Å²) in [5, 5.41) is 0. The summed E-state index contributed by atoms with van der Waals surface area (Å²) >= 11 is 0. The van der Waals surface area contributed by atoms with Crippen molar-refractivity contribution in [3.8, 4) is 0 Å². The second-order valence-corrected chi connectivity index (χ2v) is 19.9. The van der Waals surface area contributed by atoms with E-state index in [9.17, 15) is 14.4 Å². The number of esters is 3. The van der Waals surface area contributed by atoms with Crippen molar-refractivity contribution >= 4 is 17.9 Å². The molecule has 0 heterocycles. The third-order valence-corrected chi connectivity index (χ3v) is 13.3. The van der Waals surface area contributed by atoms with Gasteiger partial charge in [0.2, 0.25) is 0 Å². The summed E-state index contributed by atoms with van der Waals surface area (Å²) in [6.45, 7) is 6.68. The average Bonchev–Trinajstić information content (AvgIpc) is 3.30. The molecule has 0 aromatic heterocycles. The van der Waals surface area contributed by atoms with Crippen LogP contribution in [0.5, 0.6) is 0 Å². The van der Waals surface area contributed by atoms with E-state index < -0.39 is 6.10 Å². The van der Waals surface area contributed by atoms with Gasteiger partial charge in [0.25, 0.3) is 0 Å². The first kappa shape index (κ1) is 63.1. The molecule has 0 N–H and O–H groups in total. The summed E-state index contributed by atoms with van der Waals surface area (Å²) in [4.78, 5) is 38.1. The molecule has 0 saturated carbocycles. The molecule has 0 rings (SSSR count). The number of carbonyl (C=O) groups excluding carboxylic acids is 3. The number of rotatable bonds is 54. The molecule has 0 unspecified atom stereocenters. The summed E-state index contributed by atoms with van der Waals surface area (Å²) in [7, 11) is 0. The summed E-state index contributed by atoms with van der Waals surface area (Å²) in [6, 6.07) is 0. The van der Waals surface area contributed by atoms with Gasteiger partial charge in [-0.3, -0.25) is 14.4 Å². The topological polar surface area (TPSA) is 78.9 Å². The molecule has 0 aromatic rings. The minimum atomic E-state index is -0.765. The molecule has 1 atom stereocenters. The molecule has 0 fully saturated rings. The maximum atomic E-state index is 12.8. The van der Waals surface area contributed by atoms with Crippen LogP contribution < -0.4 is 0 Å². The van der Waals surface area contributed by atoms with Crippen molar-refractivity contribution < 1.29 is 28.6 Å². The van der Waals surface area contributed by atoms with Gasteiger partial charge in [-0.05, 0) is 44.9 Å². The number of unbranched alkanes of at least 4 members (excludes halogenated alkanes) is 41. The Kier molecular flexibility index (Phi) is 53.2. The van der Waals surface area contributed by atoms with Crippen molar-refractivity contribution in [3.63, 3.8) is 0 Å². The monoisotopic (exact) mass is 917 g/mol. The molecule has 0 saturated heterocycles. The Hall–Kier alpha value is -1.85. The van der Waals surface area contributed by atoms with E-state index in [1.807, 2.05) is 0 Å². The number of allylic oxidation sites excluding steroid dienone is 2. The maximum Gasteiger partial charge on any atom is 0.306 e.